The Morgan fingerprint density at radius 1 is 0.806 bits per heavy atom. The number of benzene rings is 2. The van der Waals surface area contributed by atoms with E-state index in [9.17, 15) is 0 Å². The molecule has 31 heavy (non-hydrogen) atoms. The van der Waals surface area contributed by atoms with Crippen molar-refractivity contribution < 1.29 is 40.6 Å². The molecule has 0 fully saturated rings. The molecule has 0 spiro atoms. The Hall–Kier alpha value is -1.86. The molecule has 0 aromatic heterocycles. The topological polar surface area (TPSA) is 139 Å². The fourth-order valence-corrected chi connectivity index (χ4v) is 1.18. The van der Waals surface area contributed by atoms with Gasteiger partial charge in [0.15, 0.2) is 0 Å². The zero-order valence-corrected chi connectivity index (χ0v) is 19.8. The van der Waals surface area contributed by atoms with Gasteiger partial charge in [-0.3, -0.25) is 0 Å². The van der Waals surface area contributed by atoms with Crippen molar-refractivity contribution >= 4 is 12.2 Å². The molecule has 0 atom stereocenters. The van der Waals surface area contributed by atoms with E-state index in [1.54, 1.807) is 6.08 Å². The molecule has 0 bridgehead atoms. The van der Waals surface area contributed by atoms with Gasteiger partial charge in [0.1, 0.15) is 0 Å². The molecule has 2 rings (SSSR count). The molecule has 0 aliphatic heterocycles. The fourth-order valence-electron chi connectivity index (χ4n) is 1.18. The van der Waals surface area contributed by atoms with E-state index in [1.165, 1.54) is 11.1 Å². The quantitative estimate of drug-likeness (QED) is 0.376. The van der Waals surface area contributed by atoms with Crippen LogP contribution in [0.25, 0.3) is 17.7 Å². The van der Waals surface area contributed by atoms with Crippen LogP contribution in [0.15, 0.2) is 86.5 Å². The molecule has 6 heteroatoms. The van der Waals surface area contributed by atoms with E-state index in [0.29, 0.717) is 0 Å². The van der Waals surface area contributed by atoms with Crippen molar-refractivity contribution in [3.63, 3.8) is 0 Å². The summed E-state index contributed by atoms with van der Waals surface area (Å²) in [5, 5.41) is 0. The Bertz CT molecular complexity index is 478. The number of nitrogens with two attached hydrogens (primary N) is 2. The Labute approximate surface area is 216 Å². The van der Waals surface area contributed by atoms with Crippen LogP contribution in [0.3, 0.4) is 0 Å². The van der Waals surface area contributed by atoms with Crippen LogP contribution in [0.2, 0.25) is 0 Å². The second-order valence-corrected chi connectivity index (χ2v) is 4.43. The third-order valence-electron chi connectivity index (χ3n) is 2.36. The maximum absolute atomic E-state index is 6.50. The summed E-state index contributed by atoms with van der Waals surface area (Å²) in [6.07, 6.45) is 6.51. The Kier molecular flexibility index (Phi) is 104. The minimum Gasteiger partial charge on any atom is -0.870 e. The molecule has 5 nitrogen and oxygen atoms in total. The summed E-state index contributed by atoms with van der Waals surface area (Å²) >= 11 is 0. The predicted octanol–water partition coefficient (Wildman–Crippen LogP) is 3.87. The molecular formula is C25H49N4NaO. The average Bonchev–Trinajstić information content (AvgIpc) is 2.72. The summed E-state index contributed by atoms with van der Waals surface area (Å²) in [5.74, 6) is 0. The molecule has 0 saturated carbocycles. The van der Waals surface area contributed by atoms with Crippen molar-refractivity contribution in [3.05, 3.63) is 103 Å². The Morgan fingerprint density at radius 3 is 1.10 bits per heavy atom. The second-order valence-electron chi connectivity index (χ2n) is 4.43. The standard InChI is InChI=1S/2C8H8.C3H9N.C3H6.3CH4.H2N2.H3N.Na.H2O/c2*1-2-8-6-4-3-5-7-8;1-2-3-4;1-3-2;;;;1-2;;;/h2*2-7H,1H2;2-4H2,1H3;3H,1H2,2H3;3*1H4;1H2;1H3;;1H2/q;;;;;;;;;+1;/p-1. The Morgan fingerprint density at radius 2 is 1.00 bits per heavy atom. The van der Waals surface area contributed by atoms with E-state index in [-0.39, 0.29) is 63.5 Å². The zero-order valence-electron chi connectivity index (χ0n) is 17.8. The van der Waals surface area contributed by atoms with E-state index >= 15 is 0 Å². The monoisotopic (exact) mass is 444 g/mol. The Balaban J connectivity index is -0.0000000287. The van der Waals surface area contributed by atoms with Gasteiger partial charge in [-0.1, -0.05) is 121 Å². The number of hydrogen-bond acceptors (Lipinski definition) is 3. The molecule has 0 aliphatic rings. The minimum absolute atomic E-state index is 0. The van der Waals surface area contributed by atoms with Crippen molar-refractivity contribution in [2.45, 2.75) is 42.5 Å². The minimum atomic E-state index is 0. The van der Waals surface area contributed by atoms with E-state index in [1.807, 2.05) is 79.7 Å². The summed E-state index contributed by atoms with van der Waals surface area (Å²) in [4.78, 5) is 0. The van der Waals surface area contributed by atoms with Gasteiger partial charge < -0.3 is 28.4 Å². The summed E-state index contributed by atoms with van der Waals surface area (Å²) < 4.78 is 0. The van der Waals surface area contributed by atoms with Gasteiger partial charge in [-0.2, -0.15) is 0 Å². The molecule has 0 unspecified atom stereocenters. The van der Waals surface area contributed by atoms with Crippen LogP contribution in [-0.4, -0.2) is 12.0 Å². The van der Waals surface area contributed by atoms with Gasteiger partial charge >= 0.3 is 29.6 Å². The van der Waals surface area contributed by atoms with Gasteiger partial charge in [0.05, 0.1) is 0 Å². The molecule has 0 heterocycles. The summed E-state index contributed by atoms with van der Waals surface area (Å²) in [6.45, 7) is 15.4. The van der Waals surface area contributed by atoms with Crippen LogP contribution in [0.4, 0.5) is 0 Å². The van der Waals surface area contributed by atoms with E-state index in [0.717, 1.165) is 13.0 Å². The fraction of sp³-hybridized carbons (Fsp3) is 0.280. The van der Waals surface area contributed by atoms with E-state index < -0.39 is 0 Å². The summed E-state index contributed by atoms with van der Waals surface area (Å²) in [7, 11) is 0. The van der Waals surface area contributed by atoms with Crippen molar-refractivity contribution in [1.29, 1.82) is 0 Å². The number of hydrogen-bond donors (Lipinski definition) is 3. The van der Waals surface area contributed by atoms with Crippen molar-refractivity contribution in [1.82, 2.24) is 6.15 Å². The molecular weight excluding hydrogens is 395 g/mol. The second kappa shape index (κ2) is 56.6. The van der Waals surface area contributed by atoms with Crippen LogP contribution in [0.5, 0.6) is 0 Å². The van der Waals surface area contributed by atoms with Gasteiger partial charge in [0.25, 0.3) is 0 Å². The van der Waals surface area contributed by atoms with Gasteiger partial charge in [-0.25, -0.2) is 0 Å². The van der Waals surface area contributed by atoms with Gasteiger partial charge in [0, 0.05) is 0 Å². The largest absolute Gasteiger partial charge is 1.00 e. The van der Waals surface area contributed by atoms with Crippen molar-refractivity contribution in [2.75, 3.05) is 6.54 Å². The van der Waals surface area contributed by atoms with E-state index in [2.05, 4.69) is 32.2 Å². The molecule has 0 amide bonds. The maximum atomic E-state index is 6.50. The zero-order chi connectivity index (χ0) is 19.8. The molecule has 2 aromatic carbocycles. The van der Waals surface area contributed by atoms with Gasteiger partial charge in [0.2, 0.25) is 0 Å². The number of nitrogens with zero attached hydrogens (tertiary/aromatic N) is 1. The first-order valence-electron chi connectivity index (χ1n) is 8.07. The number of allylic oxidation sites excluding steroid dienone is 1. The predicted molar refractivity (Wildman–Crippen MR) is 141 cm³/mol. The number of rotatable bonds is 3. The molecule has 0 aliphatic carbocycles. The normalized spacial score (nSPS) is 5.90. The SMILES string of the molecule is C.C.C.C=CC.C=Cc1ccccc1.C=Cc1ccccc1.CCCN.N.[N-]=[NH2+].[Na+].[OH-]. The van der Waals surface area contributed by atoms with Crippen LogP contribution in [0.1, 0.15) is 53.7 Å². The molecule has 176 valence electrons. The first kappa shape index (κ1) is 56.9. The van der Waals surface area contributed by atoms with Crippen molar-refractivity contribution in [2.24, 2.45) is 5.73 Å². The molecule has 0 radical (unpaired) electrons. The first-order chi connectivity index (χ1) is 12.2. The molecule has 0 saturated heterocycles. The van der Waals surface area contributed by atoms with Gasteiger partial charge in [-0.15, -0.1) is 6.58 Å². The summed E-state index contributed by atoms with van der Waals surface area (Å²) in [6, 6.07) is 20.1. The van der Waals surface area contributed by atoms with Gasteiger partial charge in [-0.05, 0) is 31.0 Å². The molecule has 8 N–H and O–H groups in total. The van der Waals surface area contributed by atoms with Crippen molar-refractivity contribution in [3.8, 4) is 0 Å². The third kappa shape index (κ3) is 52.5. The van der Waals surface area contributed by atoms with Crippen LogP contribution >= 0.6 is 0 Å². The molecule has 2 aromatic rings. The summed E-state index contributed by atoms with van der Waals surface area (Å²) in [5.41, 5.74) is 17.4. The van der Waals surface area contributed by atoms with Crippen LogP contribution in [-0.2, 0) is 0 Å². The smallest absolute Gasteiger partial charge is 0.870 e. The van der Waals surface area contributed by atoms with E-state index in [4.69, 9.17) is 11.3 Å². The van der Waals surface area contributed by atoms with Crippen LogP contribution in [0, 0.1) is 0 Å². The third-order valence-corrected chi connectivity index (χ3v) is 2.36. The maximum Gasteiger partial charge on any atom is 1.00 e. The average molecular weight is 445 g/mol. The van der Waals surface area contributed by atoms with Crippen LogP contribution < -0.4 is 47.0 Å². The first-order valence-corrected chi connectivity index (χ1v) is 8.07.